The first-order valence-corrected chi connectivity index (χ1v) is 6.96. The first-order chi connectivity index (χ1) is 9.54. The van der Waals surface area contributed by atoms with Crippen molar-refractivity contribution in [2.75, 3.05) is 6.54 Å². The van der Waals surface area contributed by atoms with E-state index in [2.05, 4.69) is 5.32 Å². The maximum atomic E-state index is 12.1. The molecule has 108 valence electrons. The van der Waals surface area contributed by atoms with Crippen molar-refractivity contribution >= 4 is 23.5 Å². The number of nitrogens with one attached hydrogen (secondary N) is 1. The molecule has 6 heteroatoms. The van der Waals surface area contributed by atoms with Gasteiger partial charge in [-0.25, -0.2) is 4.79 Å². The summed E-state index contributed by atoms with van der Waals surface area (Å²) in [6, 6.07) is 5.89. The zero-order chi connectivity index (χ0) is 14.7. The van der Waals surface area contributed by atoms with Gasteiger partial charge in [-0.15, -0.1) is 0 Å². The molecule has 0 spiro atoms. The Morgan fingerprint density at radius 2 is 2.10 bits per heavy atom. The van der Waals surface area contributed by atoms with Crippen LogP contribution in [0.4, 0.5) is 4.79 Å². The lowest BCUT2D eigenvalue weighted by Gasteiger charge is -2.18. The molecule has 1 fully saturated rings. The number of benzene rings is 1. The molecule has 3 amide bonds. The number of β-amino-alcohol motifs (C(OH)–C–C–N with tert-alkyl or cyclic N) is 1. The van der Waals surface area contributed by atoms with Crippen molar-refractivity contribution in [3.05, 3.63) is 34.9 Å². The minimum Gasteiger partial charge on any atom is -0.386 e. The number of aliphatic hydroxyl groups excluding tert-OH is 1. The van der Waals surface area contributed by atoms with Gasteiger partial charge in [-0.2, -0.15) is 0 Å². The van der Waals surface area contributed by atoms with Crippen LogP contribution in [-0.4, -0.2) is 34.5 Å². The van der Waals surface area contributed by atoms with Crippen LogP contribution < -0.4 is 5.32 Å². The molecule has 0 aliphatic carbocycles. The summed E-state index contributed by atoms with van der Waals surface area (Å²) >= 11 is 5.99. The van der Waals surface area contributed by atoms with Crippen LogP contribution in [0.3, 0.4) is 0 Å². The average molecular weight is 297 g/mol. The van der Waals surface area contributed by atoms with Gasteiger partial charge in [0.25, 0.3) is 5.91 Å². The number of halogens is 1. The maximum Gasteiger partial charge on any atom is 0.324 e. The van der Waals surface area contributed by atoms with Gasteiger partial charge in [0, 0.05) is 10.6 Å². The highest BCUT2D eigenvalue weighted by Gasteiger charge is 2.38. The van der Waals surface area contributed by atoms with Gasteiger partial charge in [-0.3, -0.25) is 9.69 Å². The Bertz CT molecular complexity index is 521. The molecule has 2 atom stereocenters. The van der Waals surface area contributed by atoms with Gasteiger partial charge >= 0.3 is 6.03 Å². The molecule has 0 saturated carbocycles. The Hall–Kier alpha value is -1.59. The normalized spacial score (nSPS) is 20.1. The number of hydrogen-bond donors (Lipinski definition) is 2. The second kappa shape index (κ2) is 6.24. The number of urea groups is 1. The fourth-order valence-corrected chi connectivity index (χ4v) is 2.51. The second-order valence-corrected chi connectivity index (χ2v) is 5.18. The minimum absolute atomic E-state index is 0.0887. The average Bonchev–Trinajstić information content (AvgIpc) is 2.67. The third-order valence-electron chi connectivity index (χ3n) is 3.30. The van der Waals surface area contributed by atoms with Crippen LogP contribution in [0.2, 0.25) is 5.02 Å². The summed E-state index contributed by atoms with van der Waals surface area (Å²) in [7, 11) is 0. The molecule has 0 aromatic heterocycles. The number of carbonyl (C=O) groups is 2. The predicted octanol–water partition coefficient (Wildman–Crippen LogP) is 2.09. The number of carbonyl (C=O) groups excluding carboxylic acids is 2. The Morgan fingerprint density at radius 3 is 2.75 bits per heavy atom. The molecular weight excluding hydrogens is 280 g/mol. The number of imide groups is 1. The largest absolute Gasteiger partial charge is 0.386 e. The molecule has 1 aromatic carbocycles. The van der Waals surface area contributed by atoms with Gasteiger partial charge in [0.05, 0.1) is 12.6 Å². The smallest absolute Gasteiger partial charge is 0.324 e. The molecule has 20 heavy (non-hydrogen) atoms. The van der Waals surface area contributed by atoms with E-state index >= 15 is 0 Å². The molecule has 1 heterocycles. The van der Waals surface area contributed by atoms with E-state index in [-0.39, 0.29) is 12.5 Å². The molecule has 1 saturated heterocycles. The van der Waals surface area contributed by atoms with E-state index in [0.717, 1.165) is 11.3 Å². The summed E-state index contributed by atoms with van der Waals surface area (Å²) in [6.07, 6.45) is 0.416. The summed E-state index contributed by atoms with van der Waals surface area (Å²) in [4.78, 5) is 24.9. The van der Waals surface area contributed by atoms with Crippen molar-refractivity contribution < 1.29 is 14.7 Å². The number of rotatable bonds is 5. The maximum absolute atomic E-state index is 12.1. The van der Waals surface area contributed by atoms with Crippen LogP contribution >= 0.6 is 11.6 Å². The van der Waals surface area contributed by atoms with E-state index in [1.165, 1.54) is 0 Å². The summed E-state index contributed by atoms with van der Waals surface area (Å²) in [6.45, 7) is 1.86. The Kier molecular flexibility index (Phi) is 4.62. The lowest BCUT2D eigenvalue weighted by atomic mass is 10.1. The summed E-state index contributed by atoms with van der Waals surface area (Å²) < 4.78 is 0. The molecule has 0 bridgehead atoms. The van der Waals surface area contributed by atoms with E-state index in [0.29, 0.717) is 17.0 Å². The predicted molar refractivity (Wildman–Crippen MR) is 75.4 cm³/mol. The van der Waals surface area contributed by atoms with Gasteiger partial charge in [-0.05, 0) is 12.5 Å². The second-order valence-electron chi connectivity index (χ2n) is 4.78. The number of hydrogen-bond acceptors (Lipinski definition) is 3. The Morgan fingerprint density at radius 1 is 1.40 bits per heavy atom. The van der Waals surface area contributed by atoms with Crippen molar-refractivity contribution in [2.45, 2.75) is 31.9 Å². The molecule has 5 nitrogen and oxygen atoms in total. The van der Waals surface area contributed by atoms with Crippen LogP contribution in [0.1, 0.15) is 31.4 Å². The van der Waals surface area contributed by atoms with Crippen molar-refractivity contribution in [1.29, 1.82) is 0 Å². The number of nitrogens with zero attached hydrogens (tertiary/aromatic N) is 1. The zero-order valence-corrected chi connectivity index (χ0v) is 11.9. The molecule has 1 aliphatic rings. The third kappa shape index (κ3) is 2.94. The first-order valence-electron chi connectivity index (χ1n) is 6.59. The lowest BCUT2D eigenvalue weighted by molar-refractivity contribution is -0.128. The highest BCUT2D eigenvalue weighted by atomic mass is 35.5. The number of aliphatic hydroxyl groups is 1. The quantitative estimate of drug-likeness (QED) is 0.818. The van der Waals surface area contributed by atoms with Crippen molar-refractivity contribution in [1.82, 2.24) is 10.2 Å². The monoisotopic (exact) mass is 296 g/mol. The lowest BCUT2D eigenvalue weighted by Crippen LogP contribution is -2.35. The van der Waals surface area contributed by atoms with Gasteiger partial charge in [0.15, 0.2) is 0 Å². The topological polar surface area (TPSA) is 69.6 Å². The molecule has 2 rings (SSSR count). The summed E-state index contributed by atoms with van der Waals surface area (Å²) in [5.41, 5.74) is 0.508. The third-order valence-corrected chi connectivity index (χ3v) is 3.65. The van der Waals surface area contributed by atoms with Crippen LogP contribution in [-0.2, 0) is 4.79 Å². The highest BCUT2D eigenvalue weighted by molar-refractivity contribution is 6.31. The molecule has 2 N–H and O–H groups in total. The molecule has 1 aromatic rings. The molecule has 0 radical (unpaired) electrons. The van der Waals surface area contributed by atoms with E-state index in [4.69, 9.17) is 11.6 Å². The van der Waals surface area contributed by atoms with Crippen molar-refractivity contribution in [3.63, 3.8) is 0 Å². The fourth-order valence-electron chi connectivity index (χ4n) is 2.25. The van der Waals surface area contributed by atoms with E-state index < -0.39 is 18.2 Å². The van der Waals surface area contributed by atoms with Crippen LogP contribution in [0.25, 0.3) is 0 Å². The van der Waals surface area contributed by atoms with Crippen LogP contribution in [0.15, 0.2) is 24.3 Å². The Balaban J connectivity index is 2.08. The van der Waals surface area contributed by atoms with Crippen LogP contribution in [0, 0.1) is 0 Å². The van der Waals surface area contributed by atoms with Gasteiger partial charge in [0.2, 0.25) is 0 Å². The number of amides is 3. The molecule has 2 unspecified atom stereocenters. The first kappa shape index (κ1) is 14.8. The highest BCUT2D eigenvalue weighted by Crippen LogP contribution is 2.24. The molecular formula is C14H17ClN2O3. The summed E-state index contributed by atoms with van der Waals surface area (Å²) in [5.74, 6) is -0.289. The Labute approximate surface area is 122 Å². The van der Waals surface area contributed by atoms with Gasteiger partial charge < -0.3 is 10.4 Å². The van der Waals surface area contributed by atoms with E-state index in [9.17, 15) is 14.7 Å². The zero-order valence-electron chi connectivity index (χ0n) is 11.2. The van der Waals surface area contributed by atoms with Crippen molar-refractivity contribution in [2.24, 2.45) is 0 Å². The van der Waals surface area contributed by atoms with Crippen LogP contribution in [0.5, 0.6) is 0 Å². The molecule has 1 aliphatic heterocycles. The standard InChI is InChI=1S/C14H17ClN2O3/c1-2-5-11-13(19)17(14(20)16-11)8-12(18)9-6-3-4-7-10(9)15/h3-4,6-7,11-12,18H,2,5,8H2,1H3,(H,16,20). The van der Waals surface area contributed by atoms with Gasteiger partial charge in [0.1, 0.15) is 6.04 Å². The van der Waals surface area contributed by atoms with E-state index in [1.807, 2.05) is 6.92 Å². The minimum atomic E-state index is -0.987. The summed E-state index contributed by atoms with van der Waals surface area (Å²) in [5, 5.41) is 13.2. The van der Waals surface area contributed by atoms with Gasteiger partial charge in [-0.1, -0.05) is 43.1 Å². The van der Waals surface area contributed by atoms with Crippen molar-refractivity contribution in [3.8, 4) is 0 Å². The SMILES string of the molecule is CCCC1NC(=O)N(CC(O)c2ccccc2Cl)C1=O. The fraction of sp³-hybridized carbons (Fsp3) is 0.429. The van der Waals surface area contributed by atoms with E-state index in [1.54, 1.807) is 24.3 Å².